The van der Waals surface area contributed by atoms with Crippen molar-refractivity contribution in [1.82, 2.24) is 0 Å². The Bertz CT molecular complexity index is 1030. The van der Waals surface area contributed by atoms with Crippen molar-refractivity contribution >= 4 is 41.0 Å². The molecule has 0 amide bonds. The first-order valence-electron chi connectivity index (χ1n) is 8.24. The van der Waals surface area contributed by atoms with E-state index in [4.69, 9.17) is 33.0 Å². The van der Waals surface area contributed by atoms with Gasteiger partial charge in [-0.3, -0.25) is 4.79 Å². The van der Waals surface area contributed by atoms with Gasteiger partial charge in [-0.05, 0) is 55.8 Å². The highest BCUT2D eigenvalue weighted by Crippen LogP contribution is 2.37. The van der Waals surface area contributed by atoms with Crippen molar-refractivity contribution in [3.63, 3.8) is 0 Å². The lowest BCUT2D eigenvalue weighted by Gasteiger charge is -2.22. The normalized spacial score (nSPS) is 12.3. The number of alkyl halides is 3. The van der Waals surface area contributed by atoms with Gasteiger partial charge in [0, 0.05) is 0 Å². The van der Waals surface area contributed by atoms with Crippen molar-refractivity contribution in [2.75, 3.05) is 0 Å². The average Bonchev–Trinajstić information content (AvgIpc) is 2.63. The Morgan fingerprint density at radius 1 is 1.07 bits per heavy atom. The first-order valence-corrected chi connectivity index (χ1v) is 9.00. The first kappa shape index (κ1) is 23.7. The van der Waals surface area contributed by atoms with E-state index >= 15 is 0 Å². The number of carbonyl (C=O) groups excluding carboxylic acids is 1. The van der Waals surface area contributed by atoms with Crippen LogP contribution in [0, 0.1) is 5.82 Å². The summed E-state index contributed by atoms with van der Waals surface area (Å²) in [6.45, 7) is 2.60. The van der Waals surface area contributed by atoms with Crippen LogP contribution in [-0.2, 0) is 11.0 Å². The molecule has 2 aromatic rings. The predicted octanol–water partition coefficient (Wildman–Crippen LogP) is 6.29. The second-order valence-corrected chi connectivity index (χ2v) is 7.32. The van der Waals surface area contributed by atoms with Crippen LogP contribution < -0.4 is 4.74 Å². The van der Waals surface area contributed by atoms with Crippen LogP contribution in [0.5, 0.6) is 5.75 Å². The fraction of sp³-hybridized carbons (Fsp3) is 0.200. The topological polar surface area (TPSA) is 63.6 Å². The molecule has 0 aliphatic rings. The van der Waals surface area contributed by atoms with Crippen LogP contribution in [0.2, 0.25) is 10.0 Å². The van der Waals surface area contributed by atoms with Gasteiger partial charge in [0.05, 0.1) is 16.1 Å². The number of rotatable bonds is 6. The molecule has 4 nitrogen and oxygen atoms in total. The van der Waals surface area contributed by atoms with E-state index < -0.39 is 40.5 Å². The van der Waals surface area contributed by atoms with E-state index in [1.165, 1.54) is 26.0 Å². The van der Waals surface area contributed by atoms with Crippen molar-refractivity contribution in [1.29, 1.82) is 0 Å². The zero-order valence-corrected chi connectivity index (χ0v) is 17.0. The number of halogens is 6. The van der Waals surface area contributed by atoms with Gasteiger partial charge in [-0.2, -0.15) is 13.2 Å². The van der Waals surface area contributed by atoms with Gasteiger partial charge < -0.3 is 9.84 Å². The molecule has 0 aliphatic carbocycles. The molecule has 0 saturated carbocycles. The smallest absolute Gasteiger partial charge is 0.419 e. The molecule has 0 atom stereocenters. The summed E-state index contributed by atoms with van der Waals surface area (Å²) in [4.78, 5) is 23.3. The molecule has 0 saturated heterocycles. The maximum Gasteiger partial charge on any atom is 0.419 e. The van der Waals surface area contributed by atoms with E-state index in [0.29, 0.717) is 6.07 Å². The fourth-order valence-corrected chi connectivity index (χ4v) is 2.70. The number of hydrogen-bond acceptors (Lipinski definition) is 3. The quantitative estimate of drug-likeness (QED) is 0.310. The number of carboxylic acid groups (broad SMARTS) is 1. The zero-order chi connectivity index (χ0) is 22.9. The highest BCUT2D eigenvalue weighted by molar-refractivity contribution is 6.43. The molecule has 1 N–H and O–H groups in total. The summed E-state index contributed by atoms with van der Waals surface area (Å²) in [7, 11) is 0. The van der Waals surface area contributed by atoms with Gasteiger partial charge in [0.1, 0.15) is 16.6 Å². The first-order chi connectivity index (χ1) is 13.8. The van der Waals surface area contributed by atoms with Crippen LogP contribution >= 0.6 is 23.2 Å². The van der Waals surface area contributed by atoms with Gasteiger partial charge in [0.25, 0.3) is 0 Å². The highest BCUT2D eigenvalue weighted by Gasteiger charge is 2.35. The Morgan fingerprint density at radius 3 is 2.27 bits per heavy atom. The molecule has 0 spiro atoms. The van der Waals surface area contributed by atoms with Gasteiger partial charge >= 0.3 is 12.1 Å². The Hall–Kier alpha value is -2.58. The SMILES string of the molecule is CC(C)(Oc1ccc(/C=C\C(=O)c2cccc(C(F)(F)F)c2F)c(Cl)c1Cl)C(=O)O. The minimum Gasteiger partial charge on any atom is -0.478 e. The summed E-state index contributed by atoms with van der Waals surface area (Å²) in [5.74, 6) is -3.96. The van der Waals surface area contributed by atoms with Crippen molar-refractivity contribution < 1.29 is 37.0 Å². The lowest BCUT2D eigenvalue weighted by molar-refractivity contribution is -0.152. The number of hydrogen-bond donors (Lipinski definition) is 1. The average molecular weight is 465 g/mol. The van der Waals surface area contributed by atoms with Gasteiger partial charge in [0.15, 0.2) is 11.4 Å². The Balaban J connectivity index is 2.32. The summed E-state index contributed by atoms with van der Waals surface area (Å²) < 4.78 is 57.8. The van der Waals surface area contributed by atoms with Crippen molar-refractivity contribution in [3.05, 3.63) is 69.0 Å². The van der Waals surface area contributed by atoms with E-state index in [2.05, 4.69) is 0 Å². The number of benzene rings is 2. The van der Waals surface area contributed by atoms with Crippen LogP contribution in [0.1, 0.15) is 35.3 Å². The van der Waals surface area contributed by atoms with Gasteiger partial charge in [0.2, 0.25) is 0 Å². The van der Waals surface area contributed by atoms with Crippen molar-refractivity contribution in [2.45, 2.75) is 25.6 Å². The molecule has 0 fully saturated rings. The highest BCUT2D eigenvalue weighted by atomic mass is 35.5. The molecule has 0 aromatic heterocycles. The minimum atomic E-state index is -4.94. The molecule has 160 valence electrons. The Morgan fingerprint density at radius 2 is 1.70 bits per heavy atom. The standard InChI is InChI=1S/C20H14Cl2F4O4/c1-19(2,18(28)29)30-14-9-7-10(15(21)16(14)22)6-8-13(27)11-4-3-5-12(17(11)23)20(24,25)26/h3-9H,1-2H3,(H,28,29)/b8-6-. The maximum absolute atomic E-state index is 14.1. The second-order valence-electron chi connectivity index (χ2n) is 6.56. The molecule has 0 heterocycles. The molecule has 10 heteroatoms. The molecule has 0 unspecified atom stereocenters. The van der Waals surface area contributed by atoms with Crippen LogP contribution in [0.15, 0.2) is 36.4 Å². The summed E-state index contributed by atoms with van der Waals surface area (Å²) >= 11 is 12.2. The molecule has 0 aliphatic heterocycles. The molecule has 2 rings (SSSR count). The number of ketones is 1. The summed E-state index contributed by atoms with van der Waals surface area (Å²) in [5, 5.41) is 8.89. The Labute approximate surface area is 178 Å². The largest absolute Gasteiger partial charge is 0.478 e. The maximum atomic E-state index is 14.1. The summed E-state index contributed by atoms with van der Waals surface area (Å²) in [6, 6.07) is 5.05. The number of ether oxygens (including phenoxy) is 1. The number of carboxylic acids is 1. The third-order valence-electron chi connectivity index (χ3n) is 3.94. The molecular weight excluding hydrogens is 451 g/mol. The molecule has 0 bridgehead atoms. The summed E-state index contributed by atoms with van der Waals surface area (Å²) in [6.07, 6.45) is -2.96. The lowest BCUT2D eigenvalue weighted by Crippen LogP contribution is -2.37. The molecular formula is C20H14Cl2F4O4. The van der Waals surface area contributed by atoms with E-state index in [1.54, 1.807) is 0 Å². The summed E-state index contributed by atoms with van der Waals surface area (Å²) in [5.41, 5.74) is -3.72. The molecule has 2 aromatic carbocycles. The van der Waals surface area contributed by atoms with Crippen molar-refractivity contribution in [3.8, 4) is 5.75 Å². The number of allylic oxidation sites excluding steroid dienone is 1. The Kier molecular flexibility index (Phi) is 6.83. The van der Waals surface area contributed by atoms with Crippen molar-refractivity contribution in [2.24, 2.45) is 0 Å². The van der Waals surface area contributed by atoms with E-state index in [1.807, 2.05) is 0 Å². The van der Waals surface area contributed by atoms with E-state index in [-0.39, 0.29) is 21.4 Å². The number of carbonyl (C=O) groups is 2. The van der Waals surface area contributed by atoms with Crippen LogP contribution in [0.3, 0.4) is 0 Å². The monoisotopic (exact) mass is 464 g/mol. The van der Waals surface area contributed by atoms with Gasteiger partial charge in [-0.1, -0.05) is 29.3 Å². The lowest BCUT2D eigenvalue weighted by atomic mass is 10.0. The fourth-order valence-electron chi connectivity index (χ4n) is 2.27. The van der Waals surface area contributed by atoms with Crippen LogP contribution in [-0.4, -0.2) is 22.5 Å². The number of aliphatic carboxylic acids is 1. The third-order valence-corrected chi connectivity index (χ3v) is 4.82. The van der Waals surface area contributed by atoms with E-state index in [9.17, 15) is 27.2 Å². The minimum absolute atomic E-state index is 0.0264. The van der Waals surface area contributed by atoms with Crippen LogP contribution in [0.4, 0.5) is 17.6 Å². The van der Waals surface area contributed by atoms with Gasteiger partial charge in [-0.15, -0.1) is 0 Å². The van der Waals surface area contributed by atoms with Crippen LogP contribution in [0.25, 0.3) is 6.08 Å². The third kappa shape index (κ3) is 5.12. The zero-order valence-electron chi connectivity index (χ0n) is 15.5. The molecule has 0 radical (unpaired) electrons. The molecule has 30 heavy (non-hydrogen) atoms. The predicted molar refractivity (Wildman–Crippen MR) is 104 cm³/mol. The second kappa shape index (κ2) is 8.65. The van der Waals surface area contributed by atoms with Gasteiger partial charge in [-0.25, -0.2) is 9.18 Å². The van der Waals surface area contributed by atoms with E-state index in [0.717, 1.165) is 24.3 Å².